The Kier molecular flexibility index (Phi) is 6.79. The Hall–Kier alpha value is -4.24. The molecule has 0 aliphatic carbocycles. The Morgan fingerprint density at radius 3 is 2.46 bits per heavy atom. The van der Waals surface area contributed by atoms with Crippen LogP contribution in [0.3, 0.4) is 0 Å². The third kappa shape index (κ3) is 4.99. The molecule has 1 heterocycles. The second-order valence-electron chi connectivity index (χ2n) is 8.29. The van der Waals surface area contributed by atoms with Gasteiger partial charge in [-0.15, -0.1) is 0 Å². The molecule has 5 N–H and O–H groups in total. The fourth-order valence-corrected chi connectivity index (χ4v) is 4.03. The number of ether oxygens (including phenoxy) is 2. The summed E-state index contributed by atoms with van der Waals surface area (Å²) >= 11 is 0. The van der Waals surface area contributed by atoms with E-state index in [1.54, 1.807) is 6.92 Å². The lowest BCUT2D eigenvalue weighted by molar-refractivity contribution is -0.145. The highest BCUT2D eigenvalue weighted by Crippen LogP contribution is 2.45. The first kappa shape index (κ1) is 23.9. The molecule has 0 radical (unpaired) electrons. The normalized spacial score (nSPS) is 17.8. The zero-order valence-corrected chi connectivity index (χ0v) is 18.8. The predicted molar refractivity (Wildman–Crippen MR) is 125 cm³/mol. The molecule has 3 aromatic carbocycles. The quantitative estimate of drug-likeness (QED) is 0.149. The van der Waals surface area contributed by atoms with Crippen molar-refractivity contribution in [2.75, 3.05) is 13.3 Å². The number of ketones is 1. The minimum atomic E-state index is -0.922. The van der Waals surface area contributed by atoms with Crippen LogP contribution in [0.1, 0.15) is 40.4 Å². The highest BCUT2D eigenvalue weighted by Gasteiger charge is 2.40. The molecule has 1 aliphatic heterocycles. The minimum absolute atomic E-state index is 0.00979. The van der Waals surface area contributed by atoms with Gasteiger partial charge in [0.2, 0.25) is 0 Å². The highest BCUT2D eigenvalue weighted by atomic mass is 16.5. The lowest BCUT2D eigenvalue weighted by Gasteiger charge is -2.33. The van der Waals surface area contributed by atoms with Crippen LogP contribution in [0.4, 0.5) is 0 Å². The van der Waals surface area contributed by atoms with Gasteiger partial charge in [0.1, 0.15) is 35.6 Å². The van der Waals surface area contributed by atoms with E-state index >= 15 is 0 Å². The van der Waals surface area contributed by atoms with Gasteiger partial charge in [-0.1, -0.05) is 36.4 Å². The minimum Gasteiger partial charge on any atom is -0.508 e. The number of hydrogen-bond acceptors (Lipinski definition) is 9. The SMILES string of the molecule is CC(C(=O)OCNC[C@H]1C(=O)c2c(O)cc(O)cc2O[C@H]1c1ccc(O)c(O)c1)c1ccccc1. The van der Waals surface area contributed by atoms with Crippen LogP contribution in [0.2, 0.25) is 0 Å². The Bertz CT molecular complexity index is 1240. The van der Waals surface area contributed by atoms with Crippen LogP contribution in [-0.4, -0.2) is 45.5 Å². The number of carbonyl (C=O) groups is 2. The predicted octanol–water partition coefficient (Wildman–Crippen LogP) is 3.34. The summed E-state index contributed by atoms with van der Waals surface area (Å²) in [6.45, 7) is 1.58. The van der Waals surface area contributed by atoms with E-state index in [-0.39, 0.29) is 36.1 Å². The van der Waals surface area contributed by atoms with Crippen LogP contribution < -0.4 is 10.1 Å². The third-order valence-electron chi connectivity index (χ3n) is 5.93. The van der Waals surface area contributed by atoms with E-state index < -0.39 is 41.2 Å². The lowest BCUT2D eigenvalue weighted by atomic mass is 9.85. The molecule has 0 fully saturated rings. The number of aromatic hydroxyl groups is 4. The van der Waals surface area contributed by atoms with E-state index in [9.17, 15) is 30.0 Å². The summed E-state index contributed by atoms with van der Waals surface area (Å²) in [5, 5.41) is 42.6. The van der Waals surface area contributed by atoms with Gasteiger partial charge < -0.3 is 29.9 Å². The number of fused-ring (bicyclic) bond motifs is 1. The molecule has 4 rings (SSSR count). The van der Waals surface area contributed by atoms with Gasteiger partial charge in [0, 0.05) is 18.7 Å². The second kappa shape index (κ2) is 9.94. The van der Waals surface area contributed by atoms with Crippen LogP contribution in [0.5, 0.6) is 28.7 Å². The molecule has 0 saturated heterocycles. The number of nitrogens with one attached hydrogen (secondary N) is 1. The van der Waals surface area contributed by atoms with Crippen molar-refractivity contribution < 1.29 is 39.5 Å². The Labute approximate surface area is 201 Å². The van der Waals surface area contributed by atoms with Gasteiger partial charge in [0.15, 0.2) is 17.3 Å². The highest BCUT2D eigenvalue weighted by molar-refractivity contribution is 6.04. The molecule has 9 heteroatoms. The van der Waals surface area contributed by atoms with Crippen molar-refractivity contribution in [3.8, 4) is 28.7 Å². The van der Waals surface area contributed by atoms with E-state index in [0.29, 0.717) is 5.56 Å². The van der Waals surface area contributed by atoms with Crippen molar-refractivity contribution in [1.29, 1.82) is 0 Å². The van der Waals surface area contributed by atoms with Gasteiger partial charge in [0.25, 0.3) is 0 Å². The fourth-order valence-electron chi connectivity index (χ4n) is 4.03. The maximum absolute atomic E-state index is 13.3. The van der Waals surface area contributed by atoms with Crippen LogP contribution in [-0.2, 0) is 9.53 Å². The molecule has 0 amide bonds. The fraction of sp³-hybridized carbons (Fsp3) is 0.231. The third-order valence-corrected chi connectivity index (χ3v) is 5.93. The molecular weight excluding hydrogens is 454 g/mol. The summed E-state index contributed by atoms with van der Waals surface area (Å²) in [7, 11) is 0. The first-order chi connectivity index (χ1) is 16.8. The molecule has 1 unspecified atom stereocenters. The molecule has 9 nitrogen and oxygen atoms in total. The van der Waals surface area contributed by atoms with Gasteiger partial charge in [-0.25, -0.2) is 0 Å². The molecule has 0 saturated carbocycles. The van der Waals surface area contributed by atoms with Crippen molar-refractivity contribution >= 4 is 11.8 Å². The van der Waals surface area contributed by atoms with Crippen molar-refractivity contribution in [3.63, 3.8) is 0 Å². The summed E-state index contributed by atoms with van der Waals surface area (Å²) < 4.78 is 11.3. The zero-order valence-electron chi connectivity index (χ0n) is 18.8. The Balaban J connectivity index is 1.50. The van der Waals surface area contributed by atoms with Gasteiger partial charge in [-0.05, 0) is 30.2 Å². The standard InChI is InChI=1S/C26H25NO8/c1-14(15-5-3-2-4-6-15)26(33)34-13-27-12-18-24(32)23-21(31)10-17(28)11-22(23)35-25(18)16-7-8-19(29)20(30)9-16/h2-11,14,18,25,27-31H,12-13H2,1H3/t14?,18-,25-/m0/s1. The molecule has 3 atom stereocenters. The summed E-state index contributed by atoms with van der Waals surface area (Å²) in [6, 6.07) is 15.5. The first-order valence-electron chi connectivity index (χ1n) is 11.0. The van der Waals surface area contributed by atoms with Gasteiger partial charge in [-0.3, -0.25) is 14.9 Å². The van der Waals surface area contributed by atoms with E-state index in [2.05, 4.69) is 5.32 Å². The van der Waals surface area contributed by atoms with Gasteiger partial charge >= 0.3 is 5.97 Å². The van der Waals surface area contributed by atoms with Crippen LogP contribution >= 0.6 is 0 Å². The number of phenols is 4. The molecule has 1 aliphatic rings. The van der Waals surface area contributed by atoms with E-state index in [4.69, 9.17) is 9.47 Å². The summed E-state index contributed by atoms with van der Waals surface area (Å²) in [5.41, 5.74) is 1.13. The average Bonchev–Trinajstić information content (AvgIpc) is 2.83. The number of Topliss-reactive ketones (excluding diaryl/α,β-unsaturated/α-hetero) is 1. The Morgan fingerprint density at radius 2 is 1.74 bits per heavy atom. The second-order valence-corrected chi connectivity index (χ2v) is 8.29. The van der Waals surface area contributed by atoms with E-state index in [1.807, 2.05) is 30.3 Å². The number of carbonyl (C=O) groups excluding carboxylic acids is 2. The van der Waals surface area contributed by atoms with E-state index in [0.717, 1.165) is 11.6 Å². The number of rotatable bonds is 7. The van der Waals surface area contributed by atoms with Crippen molar-refractivity contribution in [1.82, 2.24) is 5.32 Å². The van der Waals surface area contributed by atoms with Crippen molar-refractivity contribution in [2.45, 2.75) is 18.9 Å². The summed E-state index contributed by atoms with van der Waals surface area (Å²) in [5.74, 6) is -3.69. The van der Waals surface area contributed by atoms with E-state index in [1.165, 1.54) is 24.3 Å². The van der Waals surface area contributed by atoms with Crippen molar-refractivity contribution in [3.05, 3.63) is 77.4 Å². The maximum Gasteiger partial charge on any atom is 0.314 e. The maximum atomic E-state index is 13.3. The number of esters is 1. The smallest absolute Gasteiger partial charge is 0.314 e. The molecular formula is C26H25NO8. The molecule has 0 spiro atoms. The van der Waals surface area contributed by atoms with Crippen LogP contribution in [0, 0.1) is 5.92 Å². The molecule has 0 bridgehead atoms. The van der Waals surface area contributed by atoms with Gasteiger partial charge in [-0.2, -0.15) is 0 Å². The van der Waals surface area contributed by atoms with Gasteiger partial charge in [0.05, 0.1) is 11.8 Å². The first-order valence-corrected chi connectivity index (χ1v) is 11.0. The van der Waals surface area contributed by atoms with Crippen LogP contribution in [0.25, 0.3) is 0 Å². The summed E-state index contributed by atoms with van der Waals surface area (Å²) in [6.07, 6.45) is -0.922. The number of benzene rings is 3. The molecule has 182 valence electrons. The Morgan fingerprint density at radius 1 is 1.00 bits per heavy atom. The zero-order chi connectivity index (χ0) is 25.1. The molecule has 35 heavy (non-hydrogen) atoms. The molecule has 0 aromatic heterocycles. The number of hydrogen-bond donors (Lipinski definition) is 5. The van der Waals surface area contributed by atoms with Crippen molar-refractivity contribution in [2.24, 2.45) is 5.92 Å². The molecule has 3 aromatic rings. The van der Waals surface area contributed by atoms with Crippen LogP contribution in [0.15, 0.2) is 60.7 Å². The average molecular weight is 479 g/mol. The summed E-state index contributed by atoms with van der Waals surface area (Å²) in [4.78, 5) is 25.7. The largest absolute Gasteiger partial charge is 0.508 e. The topological polar surface area (TPSA) is 146 Å². The lowest BCUT2D eigenvalue weighted by Crippen LogP contribution is -2.39. The number of phenolic OH excluding ortho intramolecular Hbond substituents is 4. The monoisotopic (exact) mass is 479 g/mol.